The molecule has 0 aromatic carbocycles. The monoisotopic (exact) mass is 207 g/mol. The van der Waals surface area contributed by atoms with Gasteiger partial charge in [-0.3, -0.25) is 0 Å². The molecule has 1 atom stereocenters. The largest absolute Gasteiger partial charge is 0.375 e. The highest BCUT2D eigenvalue weighted by Crippen LogP contribution is 2.19. The third kappa shape index (κ3) is 2.27. The van der Waals surface area contributed by atoms with Crippen LogP contribution in [0.2, 0.25) is 0 Å². The van der Waals surface area contributed by atoms with Crippen molar-refractivity contribution in [3.8, 4) is 0 Å². The van der Waals surface area contributed by atoms with Crippen LogP contribution in [0.25, 0.3) is 0 Å². The first kappa shape index (κ1) is 10.4. The van der Waals surface area contributed by atoms with Gasteiger partial charge in [0.05, 0.1) is 12.7 Å². The van der Waals surface area contributed by atoms with Crippen LogP contribution in [0, 0.1) is 0 Å². The highest BCUT2D eigenvalue weighted by Gasteiger charge is 2.19. The summed E-state index contributed by atoms with van der Waals surface area (Å²) in [6.45, 7) is 5.17. The third-order valence-corrected chi connectivity index (χ3v) is 2.63. The van der Waals surface area contributed by atoms with Crippen molar-refractivity contribution >= 4 is 5.82 Å². The van der Waals surface area contributed by atoms with Crippen LogP contribution in [0.15, 0.2) is 18.3 Å². The van der Waals surface area contributed by atoms with Crippen LogP contribution in [0.5, 0.6) is 0 Å². The molecular weight excluding hydrogens is 190 g/mol. The predicted molar refractivity (Wildman–Crippen MR) is 59.8 cm³/mol. The molecule has 1 aromatic rings. The van der Waals surface area contributed by atoms with E-state index >= 15 is 0 Å². The Morgan fingerprint density at radius 3 is 3.27 bits per heavy atom. The highest BCUT2D eigenvalue weighted by molar-refractivity contribution is 5.47. The van der Waals surface area contributed by atoms with E-state index in [-0.39, 0.29) is 6.10 Å². The van der Waals surface area contributed by atoms with Gasteiger partial charge in [-0.1, -0.05) is 6.07 Å². The fourth-order valence-corrected chi connectivity index (χ4v) is 1.89. The number of rotatable bonds is 2. The number of hydrogen-bond acceptors (Lipinski definition) is 4. The van der Waals surface area contributed by atoms with E-state index in [1.54, 1.807) is 0 Å². The molecule has 1 aromatic heterocycles. The number of morpholine rings is 1. The molecule has 1 aliphatic heterocycles. The Bertz CT molecular complexity index is 329. The molecule has 4 nitrogen and oxygen atoms in total. The molecule has 0 spiro atoms. The Kier molecular flexibility index (Phi) is 3.18. The van der Waals surface area contributed by atoms with Crippen LogP contribution in [0.3, 0.4) is 0 Å². The Labute approximate surface area is 90.0 Å². The molecule has 1 unspecified atom stereocenters. The van der Waals surface area contributed by atoms with E-state index < -0.39 is 0 Å². The average Bonchev–Trinajstić information content (AvgIpc) is 2.29. The fraction of sp³-hybridized carbons (Fsp3) is 0.545. The summed E-state index contributed by atoms with van der Waals surface area (Å²) in [6.07, 6.45) is 2.08. The zero-order chi connectivity index (χ0) is 10.7. The highest BCUT2D eigenvalue weighted by atomic mass is 16.5. The van der Waals surface area contributed by atoms with Gasteiger partial charge in [-0.05, 0) is 13.0 Å². The number of hydrogen-bond donors (Lipinski definition) is 1. The first-order valence-electron chi connectivity index (χ1n) is 5.31. The molecule has 0 bridgehead atoms. The number of nitrogens with zero attached hydrogens (tertiary/aromatic N) is 2. The van der Waals surface area contributed by atoms with Crippen molar-refractivity contribution in [2.24, 2.45) is 5.73 Å². The van der Waals surface area contributed by atoms with E-state index in [2.05, 4.69) is 16.8 Å². The van der Waals surface area contributed by atoms with Crippen molar-refractivity contribution in [3.05, 3.63) is 23.9 Å². The standard InChI is InChI=1S/C11H17N3O/c1-9-8-14(5-6-15-9)11-10(7-12)3-2-4-13-11/h2-4,9H,5-8,12H2,1H3. The van der Waals surface area contributed by atoms with Crippen molar-refractivity contribution < 1.29 is 4.74 Å². The zero-order valence-electron chi connectivity index (χ0n) is 9.02. The van der Waals surface area contributed by atoms with Crippen LogP contribution in [0.4, 0.5) is 5.82 Å². The minimum atomic E-state index is 0.270. The Morgan fingerprint density at radius 2 is 2.53 bits per heavy atom. The summed E-state index contributed by atoms with van der Waals surface area (Å²) >= 11 is 0. The molecule has 2 N–H and O–H groups in total. The van der Waals surface area contributed by atoms with Crippen molar-refractivity contribution in [2.75, 3.05) is 24.6 Å². The molecule has 0 radical (unpaired) electrons. The smallest absolute Gasteiger partial charge is 0.133 e. The molecule has 15 heavy (non-hydrogen) atoms. The second kappa shape index (κ2) is 4.59. The van der Waals surface area contributed by atoms with Crippen molar-refractivity contribution in [2.45, 2.75) is 19.6 Å². The lowest BCUT2D eigenvalue weighted by atomic mass is 10.2. The second-order valence-corrected chi connectivity index (χ2v) is 3.82. The molecular formula is C11H17N3O. The van der Waals surface area contributed by atoms with Gasteiger partial charge < -0.3 is 15.4 Å². The molecule has 2 rings (SSSR count). The van der Waals surface area contributed by atoms with Gasteiger partial charge in [0.1, 0.15) is 5.82 Å². The lowest BCUT2D eigenvalue weighted by Gasteiger charge is -2.33. The van der Waals surface area contributed by atoms with Crippen molar-refractivity contribution in [3.63, 3.8) is 0 Å². The fourth-order valence-electron chi connectivity index (χ4n) is 1.89. The summed E-state index contributed by atoms with van der Waals surface area (Å²) in [5.74, 6) is 1.01. The van der Waals surface area contributed by atoms with Gasteiger partial charge in [0, 0.05) is 31.4 Å². The van der Waals surface area contributed by atoms with Gasteiger partial charge in [-0.2, -0.15) is 0 Å². The number of anilines is 1. The Morgan fingerprint density at radius 1 is 1.67 bits per heavy atom. The maximum atomic E-state index is 5.69. The molecule has 2 heterocycles. The summed E-state index contributed by atoms with van der Waals surface area (Å²) in [5.41, 5.74) is 6.80. The van der Waals surface area contributed by atoms with Gasteiger partial charge in [-0.25, -0.2) is 4.98 Å². The van der Waals surface area contributed by atoms with E-state index in [0.29, 0.717) is 6.54 Å². The van der Waals surface area contributed by atoms with Crippen molar-refractivity contribution in [1.82, 2.24) is 4.98 Å². The first-order valence-corrected chi connectivity index (χ1v) is 5.31. The number of nitrogens with two attached hydrogens (primary N) is 1. The molecule has 0 aliphatic carbocycles. The van der Waals surface area contributed by atoms with Crippen molar-refractivity contribution in [1.29, 1.82) is 0 Å². The van der Waals surface area contributed by atoms with Gasteiger partial charge in [0.2, 0.25) is 0 Å². The van der Waals surface area contributed by atoms with E-state index in [1.165, 1.54) is 0 Å². The molecule has 1 saturated heterocycles. The topological polar surface area (TPSA) is 51.4 Å². The molecule has 1 fully saturated rings. The SMILES string of the molecule is CC1CN(c2ncccc2CN)CCO1. The summed E-state index contributed by atoms with van der Waals surface area (Å²) in [7, 11) is 0. The van der Waals surface area contributed by atoms with Gasteiger partial charge in [-0.15, -0.1) is 0 Å². The number of ether oxygens (including phenoxy) is 1. The number of pyridine rings is 1. The van der Waals surface area contributed by atoms with E-state index in [0.717, 1.165) is 31.1 Å². The normalized spacial score (nSPS) is 21.7. The summed E-state index contributed by atoms with van der Waals surface area (Å²) in [5, 5.41) is 0. The van der Waals surface area contributed by atoms with E-state index in [9.17, 15) is 0 Å². The number of aromatic nitrogens is 1. The molecule has 1 aliphatic rings. The summed E-state index contributed by atoms with van der Waals surface area (Å²) < 4.78 is 5.50. The average molecular weight is 207 g/mol. The van der Waals surface area contributed by atoms with Crippen LogP contribution >= 0.6 is 0 Å². The molecule has 0 amide bonds. The molecule has 0 saturated carbocycles. The minimum Gasteiger partial charge on any atom is -0.375 e. The van der Waals surface area contributed by atoms with E-state index in [4.69, 9.17) is 10.5 Å². The summed E-state index contributed by atoms with van der Waals surface area (Å²) in [6, 6.07) is 3.96. The molecule has 82 valence electrons. The zero-order valence-corrected chi connectivity index (χ0v) is 9.02. The second-order valence-electron chi connectivity index (χ2n) is 3.82. The third-order valence-electron chi connectivity index (χ3n) is 2.63. The van der Waals surface area contributed by atoms with Crippen LogP contribution in [-0.2, 0) is 11.3 Å². The lowest BCUT2D eigenvalue weighted by molar-refractivity contribution is 0.0529. The Balaban J connectivity index is 2.20. The maximum absolute atomic E-state index is 5.69. The van der Waals surface area contributed by atoms with Gasteiger partial charge in [0.15, 0.2) is 0 Å². The van der Waals surface area contributed by atoms with Crippen LogP contribution in [0.1, 0.15) is 12.5 Å². The van der Waals surface area contributed by atoms with Gasteiger partial charge >= 0.3 is 0 Å². The Hall–Kier alpha value is -1.13. The van der Waals surface area contributed by atoms with Crippen LogP contribution in [-0.4, -0.2) is 30.8 Å². The van der Waals surface area contributed by atoms with E-state index in [1.807, 2.05) is 18.3 Å². The predicted octanol–water partition coefficient (Wildman–Crippen LogP) is 0.765. The van der Waals surface area contributed by atoms with Gasteiger partial charge in [0.25, 0.3) is 0 Å². The lowest BCUT2D eigenvalue weighted by Crippen LogP contribution is -2.42. The first-order chi connectivity index (χ1) is 7.31. The summed E-state index contributed by atoms with van der Waals surface area (Å²) in [4.78, 5) is 6.64. The quantitative estimate of drug-likeness (QED) is 0.778. The minimum absolute atomic E-state index is 0.270. The van der Waals surface area contributed by atoms with Crippen LogP contribution < -0.4 is 10.6 Å². The molecule has 4 heteroatoms. The maximum Gasteiger partial charge on any atom is 0.133 e.